The summed E-state index contributed by atoms with van der Waals surface area (Å²) in [5.74, 6) is -2.32. The number of thioether (sulfide) groups is 1. The van der Waals surface area contributed by atoms with Crippen LogP contribution < -0.4 is 9.64 Å². The van der Waals surface area contributed by atoms with Crippen molar-refractivity contribution in [3.05, 3.63) is 98.8 Å². The fourth-order valence-electron chi connectivity index (χ4n) is 4.20. The number of hydrogen-bond donors (Lipinski definition) is 2. The number of ketones is 1. The molecular weight excluding hydrogens is 621 g/mol. The van der Waals surface area contributed by atoms with Crippen LogP contribution in [-0.2, 0) is 15.3 Å². The Bertz CT molecular complexity index is 1640. The van der Waals surface area contributed by atoms with Crippen LogP contribution in [0, 0.1) is 12.7 Å². The van der Waals surface area contributed by atoms with Crippen molar-refractivity contribution in [2.45, 2.75) is 23.1 Å². The van der Waals surface area contributed by atoms with Crippen LogP contribution in [0.4, 0.5) is 9.52 Å². The number of aryl methyl sites for hydroxylation is 1. The number of amides is 1. The molecule has 1 saturated heterocycles. The normalized spacial score (nSPS) is 16.5. The maximum atomic E-state index is 13.6. The van der Waals surface area contributed by atoms with Gasteiger partial charge in [-0.1, -0.05) is 52.9 Å². The Morgan fingerprint density at radius 3 is 2.50 bits per heavy atom. The summed E-state index contributed by atoms with van der Waals surface area (Å²) in [6.45, 7) is 2.01. The molecule has 1 aliphatic rings. The minimum absolute atomic E-state index is 0.0864. The van der Waals surface area contributed by atoms with E-state index in [1.54, 1.807) is 0 Å². The number of methoxy groups -OCH3 is 1. The molecule has 204 valence electrons. The zero-order valence-electron chi connectivity index (χ0n) is 21.1. The van der Waals surface area contributed by atoms with Gasteiger partial charge in [-0.2, -0.15) is 0 Å². The lowest BCUT2D eigenvalue weighted by Gasteiger charge is -2.23. The first kappa shape index (κ1) is 27.8. The number of carbonyl (C=O) groups excluding carboxylic acids is 2. The summed E-state index contributed by atoms with van der Waals surface area (Å²) >= 11 is 5.86. The van der Waals surface area contributed by atoms with Crippen LogP contribution >= 0.6 is 39.0 Å². The molecule has 1 unspecified atom stereocenters. The number of anilines is 1. The molecule has 2 heterocycles. The molecule has 1 aromatic heterocycles. The maximum Gasteiger partial charge on any atom is 0.301 e. The van der Waals surface area contributed by atoms with E-state index in [9.17, 15) is 24.2 Å². The van der Waals surface area contributed by atoms with Crippen molar-refractivity contribution in [2.24, 2.45) is 0 Å². The van der Waals surface area contributed by atoms with Gasteiger partial charge in [0.2, 0.25) is 5.13 Å². The first-order chi connectivity index (χ1) is 19.2. The van der Waals surface area contributed by atoms with Gasteiger partial charge in [0.1, 0.15) is 11.6 Å². The highest BCUT2D eigenvalue weighted by Crippen LogP contribution is 2.47. The van der Waals surface area contributed by atoms with E-state index in [1.807, 2.05) is 31.2 Å². The molecule has 3 aromatic carbocycles. The van der Waals surface area contributed by atoms with Crippen LogP contribution in [0.1, 0.15) is 28.3 Å². The number of hydrogen-bond acceptors (Lipinski definition) is 9. The first-order valence-electron chi connectivity index (χ1n) is 11.8. The van der Waals surface area contributed by atoms with Crippen LogP contribution in [0.15, 0.2) is 75.0 Å². The lowest BCUT2D eigenvalue weighted by Crippen LogP contribution is -2.29. The molecule has 1 aliphatic heterocycles. The number of phenolic OH excluding ortho intramolecular Hbond substituents is 1. The lowest BCUT2D eigenvalue weighted by atomic mass is 9.95. The number of ether oxygens (including phenoxy) is 1. The molecule has 0 aliphatic carbocycles. The molecule has 12 heteroatoms. The third kappa shape index (κ3) is 5.34. The summed E-state index contributed by atoms with van der Waals surface area (Å²) in [6.07, 6.45) is 0. The third-order valence-corrected chi connectivity index (χ3v) is 8.96. The van der Waals surface area contributed by atoms with E-state index >= 15 is 0 Å². The van der Waals surface area contributed by atoms with Crippen molar-refractivity contribution >= 4 is 61.6 Å². The van der Waals surface area contributed by atoms with E-state index in [0.29, 0.717) is 15.7 Å². The second kappa shape index (κ2) is 11.4. The number of aliphatic hydroxyl groups is 1. The van der Waals surface area contributed by atoms with Crippen molar-refractivity contribution < 1.29 is 28.9 Å². The van der Waals surface area contributed by atoms with E-state index in [-0.39, 0.29) is 32.2 Å². The van der Waals surface area contributed by atoms with Crippen LogP contribution in [0.25, 0.3) is 5.76 Å². The topological polar surface area (TPSA) is 113 Å². The molecule has 1 atom stereocenters. The summed E-state index contributed by atoms with van der Waals surface area (Å²) in [5.41, 5.74) is 2.53. The van der Waals surface area contributed by atoms with Gasteiger partial charge in [0, 0.05) is 11.3 Å². The summed E-state index contributed by atoms with van der Waals surface area (Å²) in [7, 11) is 1.36. The number of nitrogens with zero attached hydrogens (tertiary/aromatic N) is 3. The highest BCUT2D eigenvalue weighted by Gasteiger charge is 2.48. The van der Waals surface area contributed by atoms with Crippen LogP contribution in [0.5, 0.6) is 11.5 Å². The third-order valence-electron chi connectivity index (χ3n) is 6.23. The van der Waals surface area contributed by atoms with Crippen LogP contribution in [-0.4, -0.2) is 39.2 Å². The zero-order valence-corrected chi connectivity index (χ0v) is 24.3. The van der Waals surface area contributed by atoms with Crippen molar-refractivity contribution in [3.8, 4) is 11.5 Å². The van der Waals surface area contributed by atoms with Gasteiger partial charge in [-0.05, 0) is 70.4 Å². The molecule has 0 saturated carbocycles. The van der Waals surface area contributed by atoms with E-state index in [1.165, 1.54) is 48.0 Å². The van der Waals surface area contributed by atoms with Crippen molar-refractivity contribution in [2.75, 3.05) is 12.0 Å². The van der Waals surface area contributed by atoms with Gasteiger partial charge in [-0.3, -0.25) is 14.5 Å². The van der Waals surface area contributed by atoms with Crippen LogP contribution in [0.3, 0.4) is 0 Å². The Kier molecular flexibility index (Phi) is 7.92. The number of Topliss-reactive ketones (excluding diaryl/α,β-unsaturated/α-hetero) is 1. The number of aromatic nitrogens is 2. The molecule has 40 heavy (non-hydrogen) atoms. The van der Waals surface area contributed by atoms with Crippen LogP contribution in [0.2, 0.25) is 0 Å². The molecule has 1 amide bonds. The standard InChI is InChI=1S/C28H21BrFN3O5S2/c1-14-3-5-15(6-4-14)13-39-28-32-31-27(40-28)33-22(17-11-19(29)24(35)20(12-17)38-2)21(25(36)26(33)37)23(34)16-7-9-18(30)10-8-16/h3-12,22,34-35H,13H2,1-2H3/b23-21-. The predicted molar refractivity (Wildman–Crippen MR) is 154 cm³/mol. The van der Waals surface area contributed by atoms with Crippen molar-refractivity contribution in [3.63, 3.8) is 0 Å². The SMILES string of the molecule is COc1cc(C2/C(=C(/O)c3ccc(F)cc3)C(=O)C(=O)N2c2nnc(SCc3ccc(C)cc3)s2)cc(Br)c1O. The molecule has 0 spiro atoms. The number of halogens is 2. The minimum Gasteiger partial charge on any atom is -0.507 e. The first-order valence-corrected chi connectivity index (χ1v) is 14.4. The largest absolute Gasteiger partial charge is 0.507 e. The quantitative estimate of drug-likeness (QED) is 0.0786. The molecule has 4 aromatic rings. The van der Waals surface area contributed by atoms with Gasteiger partial charge in [0.15, 0.2) is 15.8 Å². The molecule has 2 N–H and O–H groups in total. The van der Waals surface area contributed by atoms with Crippen molar-refractivity contribution in [1.82, 2.24) is 10.2 Å². The Morgan fingerprint density at radius 1 is 1.12 bits per heavy atom. The molecule has 0 bridgehead atoms. The number of aliphatic hydroxyl groups excluding tert-OH is 1. The second-order valence-corrected chi connectivity index (χ2v) is 11.9. The van der Waals surface area contributed by atoms with E-state index in [2.05, 4.69) is 26.1 Å². The molecule has 5 rings (SSSR count). The molecule has 0 radical (unpaired) electrons. The summed E-state index contributed by atoms with van der Waals surface area (Å²) in [6, 6.07) is 14.8. The average molecular weight is 643 g/mol. The summed E-state index contributed by atoms with van der Waals surface area (Å²) < 4.78 is 19.7. The monoisotopic (exact) mass is 641 g/mol. The number of phenols is 1. The molecular formula is C28H21BrFN3O5S2. The minimum atomic E-state index is -1.14. The van der Waals surface area contributed by atoms with Gasteiger partial charge in [-0.15, -0.1) is 10.2 Å². The maximum absolute atomic E-state index is 13.6. The van der Waals surface area contributed by atoms with Gasteiger partial charge < -0.3 is 14.9 Å². The number of carbonyl (C=O) groups is 2. The Labute approximate surface area is 245 Å². The Hall–Kier alpha value is -3.74. The van der Waals surface area contributed by atoms with Gasteiger partial charge >= 0.3 is 5.91 Å². The highest BCUT2D eigenvalue weighted by molar-refractivity contribution is 9.10. The van der Waals surface area contributed by atoms with Gasteiger partial charge in [0.25, 0.3) is 5.78 Å². The average Bonchev–Trinajstić information content (AvgIpc) is 3.51. The predicted octanol–water partition coefficient (Wildman–Crippen LogP) is 6.38. The second-order valence-electron chi connectivity index (χ2n) is 8.85. The molecule has 8 nitrogen and oxygen atoms in total. The lowest BCUT2D eigenvalue weighted by molar-refractivity contribution is -0.132. The number of rotatable bonds is 7. The Balaban J connectivity index is 1.59. The smallest absolute Gasteiger partial charge is 0.301 e. The van der Waals surface area contributed by atoms with E-state index in [4.69, 9.17) is 4.74 Å². The van der Waals surface area contributed by atoms with Crippen molar-refractivity contribution in [1.29, 1.82) is 0 Å². The number of aromatic hydroxyl groups is 1. The van der Waals surface area contributed by atoms with E-state index in [0.717, 1.165) is 34.6 Å². The fourth-order valence-corrected chi connectivity index (χ4v) is 6.49. The number of benzene rings is 3. The van der Waals surface area contributed by atoms with Gasteiger partial charge in [0.05, 0.1) is 23.2 Å². The summed E-state index contributed by atoms with van der Waals surface area (Å²) in [4.78, 5) is 28.0. The molecule has 1 fully saturated rings. The summed E-state index contributed by atoms with van der Waals surface area (Å²) in [5, 5.41) is 30.1. The zero-order chi connectivity index (χ0) is 28.6. The van der Waals surface area contributed by atoms with E-state index < -0.39 is 29.3 Å². The highest BCUT2D eigenvalue weighted by atomic mass is 79.9. The Morgan fingerprint density at radius 2 is 1.82 bits per heavy atom. The fraction of sp³-hybridized carbons (Fsp3) is 0.143. The van der Waals surface area contributed by atoms with Gasteiger partial charge in [-0.25, -0.2) is 4.39 Å².